The predicted molar refractivity (Wildman–Crippen MR) is 70.0 cm³/mol. The molecule has 20 heavy (non-hydrogen) atoms. The van der Waals surface area contributed by atoms with Gasteiger partial charge in [0, 0.05) is 5.69 Å². The maximum absolute atomic E-state index is 12.9. The molecule has 0 saturated heterocycles. The lowest BCUT2D eigenvalue weighted by Crippen LogP contribution is -2.25. The minimum Gasteiger partial charge on any atom is -0.457 e. The number of halogens is 3. The Morgan fingerprint density at radius 2 is 1.70 bits per heavy atom. The van der Waals surface area contributed by atoms with Gasteiger partial charge in [-0.2, -0.15) is 13.2 Å². The van der Waals surface area contributed by atoms with Crippen LogP contribution >= 0.6 is 0 Å². The molecule has 0 amide bonds. The molecule has 0 aliphatic heterocycles. The zero-order valence-corrected chi connectivity index (χ0v) is 11.4. The molecular formula is C14H16F3NO2. The molecule has 0 radical (unpaired) electrons. The first-order valence-electron chi connectivity index (χ1n) is 5.92. The number of anilines is 1. The van der Waals surface area contributed by atoms with E-state index in [-0.39, 0.29) is 5.69 Å². The summed E-state index contributed by atoms with van der Waals surface area (Å²) in [5.74, 6) is -1.05. The molecule has 0 fully saturated rings. The highest BCUT2D eigenvalue weighted by Gasteiger charge is 2.35. The van der Waals surface area contributed by atoms with E-state index >= 15 is 0 Å². The van der Waals surface area contributed by atoms with E-state index in [4.69, 9.17) is 4.74 Å². The van der Waals surface area contributed by atoms with Crippen LogP contribution in [0.25, 0.3) is 0 Å². The van der Waals surface area contributed by atoms with Crippen molar-refractivity contribution in [3.05, 3.63) is 42.1 Å². The molecule has 6 heteroatoms. The van der Waals surface area contributed by atoms with Gasteiger partial charge in [0.15, 0.2) is 0 Å². The SMILES string of the molecule is CC(C)(C)OC(=O)/C=C(/Nc1ccccc1)C(F)(F)F. The maximum atomic E-state index is 12.9. The van der Waals surface area contributed by atoms with Crippen LogP contribution in [0.15, 0.2) is 42.1 Å². The van der Waals surface area contributed by atoms with Crippen molar-refractivity contribution in [1.82, 2.24) is 0 Å². The van der Waals surface area contributed by atoms with E-state index in [1.807, 2.05) is 0 Å². The van der Waals surface area contributed by atoms with Gasteiger partial charge in [-0.3, -0.25) is 0 Å². The molecule has 0 aromatic heterocycles. The molecule has 0 heterocycles. The molecule has 110 valence electrons. The number of hydrogen-bond acceptors (Lipinski definition) is 3. The van der Waals surface area contributed by atoms with E-state index in [1.54, 1.807) is 39.0 Å². The number of esters is 1. The van der Waals surface area contributed by atoms with Crippen molar-refractivity contribution in [2.24, 2.45) is 0 Å². The van der Waals surface area contributed by atoms with Gasteiger partial charge in [0.25, 0.3) is 0 Å². The number of carbonyl (C=O) groups is 1. The van der Waals surface area contributed by atoms with E-state index < -0.39 is 23.4 Å². The largest absolute Gasteiger partial charge is 0.457 e. The number of benzene rings is 1. The van der Waals surface area contributed by atoms with E-state index in [0.717, 1.165) is 0 Å². The highest BCUT2D eigenvalue weighted by Crippen LogP contribution is 2.27. The molecule has 1 aromatic rings. The molecule has 1 rings (SSSR count). The predicted octanol–water partition coefficient (Wildman–Crippen LogP) is 3.89. The first-order chi connectivity index (χ1) is 9.08. The third-order valence-corrected chi connectivity index (χ3v) is 2.03. The number of nitrogens with one attached hydrogen (secondary N) is 1. The Balaban J connectivity index is 2.93. The van der Waals surface area contributed by atoms with Crippen molar-refractivity contribution in [2.75, 3.05) is 5.32 Å². The van der Waals surface area contributed by atoms with Gasteiger partial charge >= 0.3 is 12.1 Å². The van der Waals surface area contributed by atoms with Crippen molar-refractivity contribution in [1.29, 1.82) is 0 Å². The Kier molecular flexibility index (Phi) is 4.81. The monoisotopic (exact) mass is 287 g/mol. The van der Waals surface area contributed by atoms with E-state index in [9.17, 15) is 18.0 Å². The summed E-state index contributed by atoms with van der Waals surface area (Å²) >= 11 is 0. The number of ether oxygens (including phenoxy) is 1. The standard InChI is InChI=1S/C14H16F3NO2/c1-13(2,3)20-12(19)9-11(14(15,16)17)18-10-7-5-4-6-8-10/h4-9,18H,1-3H3/b11-9+. The fourth-order valence-electron chi connectivity index (χ4n) is 1.31. The van der Waals surface area contributed by atoms with Crippen LogP contribution in [0.4, 0.5) is 18.9 Å². The van der Waals surface area contributed by atoms with E-state index in [0.29, 0.717) is 6.08 Å². The summed E-state index contributed by atoms with van der Waals surface area (Å²) in [6.07, 6.45) is -4.26. The van der Waals surface area contributed by atoms with Crippen molar-refractivity contribution in [3.63, 3.8) is 0 Å². The second-order valence-electron chi connectivity index (χ2n) is 5.08. The summed E-state index contributed by atoms with van der Waals surface area (Å²) in [5.41, 5.74) is -1.78. The lowest BCUT2D eigenvalue weighted by atomic mass is 10.2. The van der Waals surface area contributed by atoms with Gasteiger partial charge in [0.05, 0.1) is 6.08 Å². The smallest absolute Gasteiger partial charge is 0.431 e. The molecular weight excluding hydrogens is 271 g/mol. The zero-order valence-electron chi connectivity index (χ0n) is 11.4. The Labute approximate surface area is 115 Å². The third kappa shape index (κ3) is 5.77. The van der Waals surface area contributed by atoms with Gasteiger partial charge < -0.3 is 10.1 Å². The van der Waals surface area contributed by atoms with Crippen LogP contribution in [0, 0.1) is 0 Å². The minimum absolute atomic E-state index is 0.236. The molecule has 0 bridgehead atoms. The minimum atomic E-state index is -4.67. The molecule has 0 atom stereocenters. The number of allylic oxidation sites excluding steroid dienone is 1. The molecule has 1 N–H and O–H groups in total. The summed E-state index contributed by atoms with van der Waals surface area (Å²) in [6.45, 7) is 4.74. The summed E-state index contributed by atoms with van der Waals surface area (Å²) < 4.78 is 43.4. The molecule has 0 unspecified atom stereocenters. The highest BCUT2D eigenvalue weighted by molar-refractivity contribution is 5.84. The topological polar surface area (TPSA) is 38.3 Å². The summed E-state index contributed by atoms with van der Waals surface area (Å²) in [4.78, 5) is 11.5. The van der Waals surface area contributed by atoms with Gasteiger partial charge in [-0.25, -0.2) is 4.79 Å². The Bertz CT molecular complexity index is 487. The van der Waals surface area contributed by atoms with Crippen molar-refractivity contribution in [3.8, 4) is 0 Å². The van der Waals surface area contributed by atoms with Crippen LogP contribution in [0.5, 0.6) is 0 Å². The fraction of sp³-hybridized carbons (Fsp3) is 0.357. The lowest BCUT2D eigenvalue weighted by molar-refractivity contribution is -0.149. The van der Waals surface area contributed by atoms with Crippen molar-refractivity contribution in [2.45, 2.75) is 32.5 Å². The van der Waals surface area contributed by atoms with Crippen LogP contribution < -0.4 is 5.32 Å². The van der Waals surface area contributed by atoms with Crippen LogP contribution in [0.1, 0.15) is 20.8 Å². The molecule has 1 aromatic carbocycles. The van der Waals surface area contributed by atoms with Crippen LogP contribution in [0.2, 0.25) is 0 Å². The Morgan fingerprint density at radius 1 is 1.15 bits per heavy atom. The fourth-order valence-corrected chi connectivity index (χ4v) is 1.31. The summed E-state index contributed by atoms with van der Waals surface area (Å²) in [5, 5.41) is 2.17. The highest BCUT2D eigenvalue weighted by atomic mass is 19.4. The molecule has 3 nitrogen and oxygen atoms in total. The zero-order chi connectivity index (χ0) is 15.4. The van der Waals surface area contributed by atoms with E-state index in [2.05, 4.69) is 5.32 Å². The van der Waals surface area contributed by atoms with Gasteiger partial charge in [-0.1, -0.05) is 18.2 Å². The second kappa shape index (κ2) is 5.98. The quantitative estimate of drug-likeness (QED) is 0.677. The molecule has 0 aliphatic carbocycles. The van der Waals surface area contributed by atoms with Crippen molar-refractivity contribution < 1.29 is 22.7 Å². The summed E-state index contributed by atoms with van der Waals surface area (Å²) in [6, 6.07) is 7.78. The number of alkyl halides is 3. The van der Waals surface area contributed by atoms with Gasteiger partial charge in [-0.05, 0) is 32.9 Å². The normalized spacial score (nSPS) is 13.0. The first-order valence-corrected chi connectivity index (χ1v) is 5.92. The Hall–Kier alpha value is -1.98. The van der Waals surface area contributed by atoms with Gasteiger partial charge in [-0.15, -0.1) is 0 Å². The summed E-state index contributed by atoms with van der Waals surface area (Å²) in [7, 11) is 0. The van der Waals surface area contributed by atoms with Gasteiger partial charge in [0.1, 0.15) is 11.3 Å². The molecule has 0 spiro atoms. The maximum Gasteiger partial charge on any atom is 0.431 e. The van der Waals surface area contributed by atoms with Crippen LogP contribution in [-0.2, 0) is 9.53 Å². The lowest BCUT2D eigenvalue weighted by Gasteiger charge is -2.19. The van der Waals surface area contributed by atoms with Crippen molar-refractivity contribution >= 4 is 11.7 Å². The number of para-hydroxylation sites is 1. The molecule has 0 saturated carbocycles. The second-order valence-corrected chi connectivity index (χ2v) is 5.08. The number of hydrogen-bond donors (Lipinski definition) is 1. The van der Waals surface area contributed by atoms with Crippen LogP contribution in [-0.4, -0.2) is 17.7 Å². The Morgan fingerprint density at radius 3 is 2.15 bits per heavy atom. The van der Waals surface area contributed by atoms with Crippen LogP contribution in [0.3, 0.4) is 0 Å². The number of rotatable bonds is 3. The third-order valence-electron chi connectivity index (χ3n) is 2.03. The van der Waals surface area contributed by atoms with Gasteiger partial charge in [0.2, 0.25) is 0 Å². The average molecular weight is 287 g/mol. The first kappa shape index (κ1) is 16.1. The molecule has 0 aliphatic rings. The van der Waals surface area contributed by atoms with E-state index in [1.165, 1.54) is 12.1 Å². The average Bonchev–Trinajstić information content (AvgIpc) is 2.25. The number of carbonyl (C=O) groups excluding carboxylic acids is 1.